The van der Waals surface area contributed by atoms with Gasteiger partial charge in [-0.15, -0.1) is 0 Å². The molecular formula is C15H31NO. The van der Waals surface area contributed by atoms with Crippen LogP contribution in [-0.2, 0) is 4.84 Å². The Kier molecular flexibility index (Phi) is 15.0. The van der Waals surface area contributed by atoms with E-state index in [-0.39, 0.29) is 0 Å². The zero-order chi connectivity index (χ0) is 12.6. The molecule has 0 rings (SSSR count). The van der Waals surface area contributed by atoms with Gasteiger partial charge in [-0.05, 0) is 12.8 Å². The second-order valence-corrected chi connectivity index (χ2v) is 4.79. The Bertz CT molecular complexity index is 157. The van der Waals surface area contributed by atoms with E-state index in [1.165, 1.54) is 70.6 Å². The summed E-state index contributed by atoms with van der Waals surface area (Å²) < 4.78 is 0. The van der Waals surface area contributed by atoms with E-state index in [1.807, 2.05) is 6.21 Å². The molecular weight excluding hydrogens is 210 g/mol. The molecule has 0 aliphatic carbocycles. The third-order valence-electron chi connectivity index (χ3n) is 3.12. The van der Waals surface area contributed by atoms with Crippen molar-refractivity contribution in [2.75, 3.05) is 7.11 Å². The van der Waals surface area contributed by atoms with E-state index in [2.05, 4.69) is 16.9 Å². The molecule has 0 atom stereocenters. The Hall–Kier alpha value is -0.530. The summed E-state index contributed by atoms with van der Waals surface area (Å²) in [6, 6.07) is 0. The molecule has 0 radical (unpaired) electrons. The fourth-order valence-electron chi connectivity index (χ4n) is 2.03. The van der Waals surface area contributed by atoms with Crippen molar-refractivity contribution >= 4 is 6.21 Å². The molecule has 0 heterocycles. The van der Waals surface area contributed by atoms with Gasteiger partial charge in [-0.25, -0.2) is 0 Å². The third-order valence-corrected chi connectivity index (χ3v) is 3.12. The average Bonchev–Trinajstić information content (AvgIpc) is 2.35. The van der Waals surface area contributed by atoms with E-state index in [1.54, 1.807) is 7.11 Å². The zero-order valence-electron chi connectivity index (χ0n) is 11.9. The first-order valence-corrected chi connectivity index (χ1v) is 7.46. The average molecular weight is 241 g/mol. The van der Waals surface area contributed by atoms with E-state index in [4.69, 9.17) is 0 Å². The third kappa shape index (κ3) is 15.5. The fourth-order valence-corrected chi connectivity index (χ4v) is 2.03. The fraction of sp³-hybridized carbons (Fsp3) is 0.933. The first kappa shape index (κ1) is 16.5. The quantitative estimate of drug-likeness (QED) is 0.243. The summed E-state index contributed by atoms with van der Waals surface area (Å²) >= 11 is 0. The Morgan fingerprint density at radius 2 is 1.24 bits per heavy atom. The van der Waals surface area contributed by atoms with E-state index in [9.17, 15) is 0 Å². The second-order valence-electron chi connectivity index (χ2n) is 4.79. The first-order valence-electron chi connectivity index (χ1n) is 7.46. The molecule has 0 saturated carbocycles. The number of unbranched alkanes of at least 4 members (excludes halogenated alkanes) is 11. The highest BCUT2D eigenvalue weighted by Crippen LogP contribution is 2.11. The van der Waals surface area contributed by atoms with Gasteiger partial charge in [0.05, 0.1) is 0 Å². The SMILES string of the molecule is CCCCCCCCCCCCCC=NOC. The van der Waals surface area contributed by atoms with E-state index >= 15 is 0 Å². The second kappa shape index (κ2) is 15.5. The van der Waals surface area contributed by atoms with Gasteiger partial charge < -0.3 is 4.84 Å². The molecule has 2 heteroatoms. The minimum atomic E-state index is 1.06. The van der Waals surface area contributed by atoms with Gasteiger partial charge in [0.15, 0.2) is 0 Å². The lowest BCUT2D eigenvalue weighted by molar-refractivity contribution is 0.214. The Labute approximate surface area is 108 Å². The van der Waals surface area contributed by atoms with Crippen LogP contribution in [0.4, 0.5) is 0 Å². The van der Waals surface area contributed by atoms with Crippen molar-refractivity contribution in [2.45, 2.75) is 84.0 Å². The minimum absolute atomic E-state index is 1.06. The smallest absolute Gasteiger partial charge is 0.106 e. The zero-order valence-corrected chi connectivity index (χ0v) is 11.9. The lowest BCUT2D eigenvalue weighted by Crippen LogP contribution is -1.83. The standard InChI is InChI=1S/C15H31NO/c1-3-4-5-6-7-8-9-10-11-12-13-14-15-16-17-2/h15H,3-14H2,1-2H3. The summed E-state index contributed by atoms with van der Waals surface area (Å²) in [4.78, 5) is 4.61. The van der Waals surface area contributed by atoms with Crippen LogP contribution in [0, 0.1) is 0 Å². The first-order chi connectivity index (χ1) is 8.41. The summed E-state index contributed by atoms with van der Waals surface area (Å²) in [5.74, 6) is 0. The predicted octanol–water partition coefficient (Wildman–Crippen LogP) is 5.32. The molecule has 0 fully saturated rings. The maximum Gasteiger partial charge on any atom is 0.106 e. The number of rotatable bonds is 13. The molecule has 17 heavy (non-hydrogen) atoms. The summed E-state index contributed by atoms with van der Waals surface area (Å²) in [6.07, 6.45) is 18.3. The lowest BCUT2D eigenvalue weighted by atomic mass is 10.1. The summed E-state index contributed by atoms with van der Waals surface area (Å²) in [5.41, 5.74) is 0. The van der Waals surface area contributed by atoms with Crippen molar-refractivity contribution in [2.24, 2.45) is 5.16 Å². The molecule has 102 valence electrons. The van der Waals surface area contributed by atoms with Crippen LogP contribution in [0.1, 0.15) is 84.0 Å². The summed E-state index contributed by atoms with van der Waals surface area (Å²) in [7, 11) is 1.59. The molecule has 0 spiro atoms. The molecule has 0 unspecified atom stereocenters. The van der Waals surface area contributed by atoms with Gasteiger partial charge in [0.1, 0.15) is 7.11 Å². The molecule has 0 saturated heterocycles. The minimum Gasteiger partial charge on any atom is -0.399 e. The Balaban J connectivity index is 2.91. The number of hydrogen-bond acceptors (Lipinski definition) is 2. The highest BCUT2D eigenvalue weighted by Gasteiger charge is 1.92. The van der Waals surface area contributed by atoms with Crippen molar-refractivity contribution in [1.29, 1.82) is 0 Å². The van der Waals surface area contributed by atoms with E-state index in [0.717, 1.165) is 6.42 Å². The molecule has 2 nitrogen and oxygen atoms in total. The van der Waals surface area contributed by atoms with Gasteiger partial charge in [0.25, 0.3) is 0 Å². The van der Waals surface area contributed by atoms with Crippen LogP contribution in [0.5, 0.6) is 0 Å². The van der Waals surface area contributed by atoms with Crippen LogP contribution in [0.25, 0.3) is 0 Å². The van der Waals surface area contributed by atoms with Gasteiger partial charge in [0, 0.05) is 6.21 Å². The maximum absolute atomic E-state index is 4.61. The van der Waals surface area contributed by atoms with Crippen molar-refractivity contribution < 1.29 is 4.84 Å². The molecule has 0 aromatic heterocycles. The van der Waals surface area contributed by atoms with E-state index in [0.29, 0.717) is 0 Å². The van der Waals surface area contributed by atoms with Crippen molar-refractivity contribution in [3.05, 3.63) is 0 Å². The topological polar surface area (TPSA) is 21.6 Å². The van der Waals surface area contributed by atoms with Crippen LogP contribution in [0.15, 0.2) is 5.16 Å². The van der Waals surface area contributed by atoms with Gasteiger partial charge in [-0.3, -0.25) is 0 Å². The molecule has 0 amide bonds. The highest BCUT2D eigenvalue weighted by atomic mass is 16.6. The van der Waals surface area contributed by atoms with Crippen LogP contribution < -0.4 is 0 Å². The number of oxime groups is 1. The van der Waals surface area contributed by atoms with Crippen LogP contribution >= 0.6 is 0 Å². The number of hydrogen-bond donors (Lipinski definition) is 0. The lowest BCUT2D eigenvalue weighted by Gasteiger charge is -2.01. The van der Waals surface area contributed by atoms with Crippen LogP contribution in [0.3, 0.4) is 0 Å². The van der Waals surface area contributed by atoms with Crippen LogP contribution in [0.2, 0.25) is 0 Å². The van der Waals surface area contributed by atoms with Gasteiger partial charge >= 0.3 is 0 Å². The predicted molar refractivity (Wildman–Crippen MR) is 76.6 cm³/mol. The summed E-state index contributed by atoms with van der Waals surface area (Å²) in [5, 5.41) is 3.73. The monoisotopic (exact) mass is 241 g/mol. The van der Waals surface area contributed by atoms with Crippen LogP contribution in [-0.4, -0.2) is 13.3 Å². The highest BCUT2D eigenvalue weighted by molar-refractivity contribution is 5.55. The summed E-state index contributed by atoms with van der Waals surface area (Å²) in [6.45, 7) is 2.28. The van der Waals surface area contributed by atoms with E-state index < -0.39 is 0 Å². The van der Waals surface area contributed by atoms with Crippen molar-refractivity contribution in [3.63, 3.8) is 0 Å². The molecule has 0 aromatic rings. The Morgan fingerprint density at radius 3 is 1.71 bits per heavy atom. The molecule has 0 aliphatic rings. The normalized spacial score (nSPS) is 11.2. The van der Waals surface area contributed by atoms with Crippen molar-refractivity contribution in [3.8, 4) is 0 Å². The molecule has 0 N–H and O–H groups in total. The maximum atomic E-state index is 4.61. The largest absolute Gasteiger partial charge is 0.399 e. The van der Waals surface area contributed by atoms with Gasteiger partial charge in [-0.1, -0.05) is 76.3 Å². The molecule has 0 aromatic carbocycles. The molecule has 0 aliphatic heterocycles. The number of nitrogens with zero attached hydrogens (tertiary/aromatic N) is 1. The van der Waals surface area contributed by atoms with Crippen molar-refractivity contribution in [1.82, 2.24) is 0 Å². The van der Waals surface area contributed by atoms with Gasteiger partial charge in [0.2, 0.25) is 0 Å². The van der Waals surface area contributed by atoms with Gasteiger partial charge in [-0.2, -0.15) is 0 Å². The Morgan fingerprint density at radius 1 is 0.765 bits per heavy atom. The molecule has 0 bridgehead atoms.